The number of hydrogen-bond acceptors (Lipinski definition) is 8. The third kappa shape index (κ3) is 1.54. The highest BCUT2D eigenvalue weighted by Crippen LogP contribution is 2.18. The first kappa shape index (κ1) is 9.04. The Hall–Kier alpha value is -2.22. The molecule has 0 fully saturated rings. The van der Waals surface area contributed by atoms with Crippen molar-refractivity contribution >= 4 is 11.7 Å². The van der Waals surface area contributed by atoms with E-state index >= 15 is 0 Å². The Morgan fingerprint density at radius 1 is 1.12 bits per heavy atom. The van der Waals surface area contributed by atoms with Gasteiger partial charge in [-0.3, -0.25) is 4.98 Å². The van der Waals surface area contributed by atoms with Crippen LogP contribution in [-0.4, -0.2) is 28.9 Å². The molecule has 0 aliphatic carbocycles. The summed E-state index contributed by atoms with van der Waals surface area (Å²) in [4.78, 5) is 12.1. The topological polar surface area (TPSA) is 90.5 Å². The van der Waals surface area contributed by atoms with E-state index < -0.39 is 0 Å². The van der Waals surface area contributed by atoms with E-state index in [1.807, 2.05) is 0 Å². The molecule has 3 aromatic rings. The molecule has 0 aromatic carbocycles. The average molecular weight is 232 g/mol. The summed E-state index contributed by atoms with van der Waals surface area (Å²) < 4.78 is 12.9. The Labute approximate surface area is 93.5 Å². The second-order valence-corrected chi connectivity index (χ2v) is 3.36. The second-order valence-electron chi connectivity index (χ2n) is 2.81. The van der Waals surface area contributed by atoms with Crippen LogP contribution in [0, 0.1) is 0 Å². The van der Waals surface area contributed by atoms with Crippen molar-refractivity contribution in [1.82, 2.24) is 28.9 Å². The molecule has 0 saturated carbocycles. The molecule has 3 rings (SSSR count). The highest BCUT2D eigenvalue weighted by molar-refractivity contribution is 6.99. The van der Waals surface area contributed by atoms with Gasteiger partial charge in [-0.1, -0.05) is 5.16 Å². The lowest BCUT2D eigenvalue weighted by molar-refractivity contribution is 0.431. The van der Waals surface area contributed by atoms with Gasteiger partial charge in [0, 0.05) is 12.4 Å². The molecule has 78 valence electrons. The highest BCUT2D eigenvalue weighted by Gasteiger charge is 2.13. The Bertz CT molecular complexity index is 578. The van der Waals surface area contributed by atoms with Crippen molar-refractivity contribution in [3.8, 4) is 23.1 Å². The van der Waals surface area contributed by atoms with Crippen molar-refractivity contribution in [2.45, 2.75) is 0 Å². The third-order valence-electron chi connectivity index (χ3n) is 1.80. The van der Waals surface area contributed by atoms with Crippen LogP contribution >= 0.6 is 11.7 Å². The maximum atomic E-state index is 5.04. The Kier molecular flexibility index (Phi) is 2.11. The summed E-state index contributed by atoms with van der Waals surface area (Å²) in [6.45, 7) is 0. The molecule has 7 nitrogen and oxygen atoms in total. The van der Waals surface area contributed by atoms with Gasteiger partial charge in [0.25, 0.3) is 5.89 Å². The predicted octanol–water partition coefficient (Wildman–Crippen LogP) is 1.05. The van der Waals surface area contributed by atoms with Crippen LogP contribution in [0.1, 0.15) is 0 Å². The van der Waals surface area contributed by atoms with Gasteiger partial charge in [-0.15, -0.1) is 0 Å². The monoisotopic (exact) mass is 232 g/mol. The van der Waals surface area contributed by atoms with Gasteiger partial charge >= 0.3 is 0 Å². The molecule has 0 aliphatic heterocycles. The predicted molar refractivity (Wildman–Crippen MR) is 54.2 cm³/mol. The molecule has 16 heavy (non-hydrogen) atoms. The molecule has 0 bridgehead atoms. The van der Waals surface area contributed by atoms with Crippen molar-refractivity contribution in [2.75, 3.05) is 0 Å². The zero-order valence-corrected chi connectivity index (χ0v) is 8.63. The molecule has 0 N–H and O–H groups in total. The van der Waals surface area contributed by atoms with E-state index in [-0.39, 0.29) is 0 Å². The first-order chi connectivity index (χ1) is 7.93. The van der Waals surface area contributed by atoms with E-state index in [2.05, 4.69) is 28.9 Å². The van der Waals surface area contributed by atoms with Crippen molar-refractivity contribution in [3.63, 3.8) is 0 Å². The van der Waals surface area contributed by atoms with Gasteiger partial charge in [-0.05, 0) is 0 Å². The van der Waals surface area contributed by atoms with E-state index in [1.54, 1.807) is 24.8 Å². The Morgan fingerprint density at radius 2 is 2.12 bits per heavy atom. The molecule has 0 radical (unpaired) electrons. The van der Waals surface area contributed by atoms with E-state index in [0.29, 0.717) is 23.1 Å². The molecule has 0 unspecified atom stereocenters. The minimum atomic E-state index is 0.328. The van der Waals surface area contributed by atoms with Crippen molar-refractivity contribution in [3.05, 3.63) is 24.8 Å². The minimum Gasteiger partial charge on any atom is -0.332 e. The lowest BCUT2D eigenvalue weighted by atomic mass is 10.4. The fourth-order valence-electron chi connectivity index (χ4n) is 1.11. The number of aromatic nitrogens is 6. The van der Waals surface area contributed by atoms with E-state index in [0.717, 1.165) is 11.7 Å². The highest BCUT2D eigenvalue weighted by atomic mass is 32.1. The summed E-state index contributed by atoms with van der Waals surface area (Å²) in [5.74, 6) is 0.713. The van der Waals surface area contributed by atoms with Crippen molar-refractivity contribution in [1.29, 1.82) is 0 Å². The van der Waals surface area contributed by atoms with Crippen LogP contribution in [-0.2, 0) is 0 Å². The van der Waals surface area contributed by atoms with Crippen LogP contribution in [0.5, 0.6) is 0 Å². The maximum absolute atomic E-state index is 5.04. The quantitative estimate of drug-likeness (QED) is 0.652. The fourth-order valence-corrected chi connectivity index (χ4v) is 1.51. The van der Waals surface area contributed by atoms with E-state index in [4.69, 9.17) is 4.52 Å². The minimum absolute atomic E-state index is 0.328. The SMILES string of the molecule is c1cnc(-c2noc(-c3cnsn3)n2)cn1. The molecule has 3 aromatic heterocycles. The summed E-state index contributed by atoms with van der Waals surface area (Å²) in [6.07, 6.45) is 6.27. The van der Waals surface area contributed by atoms with E-state index in [9.17, 15) is 0 Å². The van der Waals surface area contributed by atoms with E-state index in [1.165, 1.54) is 0 Å². The average Bonchev–Trinajstić information content (AvgIpc) is 3.01. The van der Waals surface area contributed by atoms with Crippen molar-refractivity contribution in [2.24, 2.45) is 0 Å². The smallest absolute Gasteiger partial charge is 0.279 e. The van der Waals surface area contributed by atoms with Crippen LogP contribution in [0.2, 0.25) is 0 Å². The van der Waals surface area contributed by atoms with Crippen LogP contribution in [0.3, 0.4) is 0 Å². The standard InChI is InChI=1S/C8H4N6OS/c1-2-10-5(3-9-1)7-12-8(15-13-7)6-4-11-16-14-6/h1-4H. The van der Waals surface area contributed by atoms with Gasteiger partial charge in [0.05, 0.1) is 24.1 Å². The Balaban J connectivity index is 2.00. The lowest BCUT2D eigenvalue weighted by Crippen LogP contribution is -1.86. The normalized spacial score (nSPS) is 10.5. The molecule has 0 saturated heterocycles. The molecule has 0 aliphatic rings. The van der Waals surface area contributed by atoms with Gasteiger partial charge in [0.2, 0.25) is 5.82 Å². The molecule has 0 spiro atoms. The number of hydrogen-bond donors (Lipinski definition) is 0. The van der Waals surface area contributed by atoms with Crippen LogP contribution in [0.25, 0.3) is 23.1 Å². The first-order valence-electron chi connectivity index (χ1n) is 4.31. The number of rotatable bonds is 2. The summed E-state index contributed by atoms with van der Waals surface area (Å²) >= 11 is 1.08. The third-order valence-corrected chi connectivity index (χ3v) is 2.28. The molecular weight excluding hydrogens is 228 g/mol. The summed E-state index contributed by atoms with van der Waals surface area (Å²) in [6, 6.07) is 0. The fraction of sp³-hybridized carbons (Fsp3) is 0. The van der Waals surface area contributed by atoms with Crippen LogP contribution in [0.4, 0.5) is 0 Å². The molecular formula is C8H4N6OS. The molecule has 3 heterocycles. The van der Waals surface area contributed by atoms with Gasteiger partial charge in [0.1, 0.15) is 5.69 Å². The molecule has 0 amide bonds. The Morgan fingerprint density at radius 3 is 2.88 bits per heavy atom. The molecule has 8 heteroatoms. The van der Waals surface area contributed by atoms with Crippen LogP contribution in [0.15, 0.2) is 29.3 Å². The van der Waals surface area contributed by atoms with Gasteiger partial charge < -0.3 is 4.52 Å². The maximum Gasteiger partial charge on any atom is 0.279 e. The summed E-state index contributed by atoms with van der Waals surface area (Å²) in [5, 5.41) is 3.79. The summed E-state index contributed by atoms with van der Waals surface area (Å²) in [5.41, 5.74) is 1.12. The number of nitrogens with zero attached hydrogens (tertiary/aromatic N) is 6. The van der Waals surface area contributed by atoms with Gasteiger partial charge in [0.15, 0.2) is 5.69 Å². The lowest BCUT2D eigenvalue weighted by Gasteiger charge is -1.88. The first-order valence-corrected chi connectivity index (χ1v) is 5.04. The van der Waals surface area contributed by atoms with Crippen molar-refractivity contribution < 1.29 is 4.52 Å². The van der Waals surface area contributed by atoms with Gasteiger partial charge in [-0.2, -0.15) is 13.7 Å². The zero-order chi connectivity index (χ0) is 10.8. The second kappa shape index (κ2) is 3.74. The molecule has 0 atom stereocenters. The zero-order valence-electron chi connectivity index (χ0n) is 7.81. The van der Waals surface area contributed by atoms with Gasteiger partial charge in [-0.25, -0.2) is 4.98 Å². The summed E-state index contributed by atoms with van der Waals surface area (Å²) in [7, 11) is 0. The van der Waals surface area contributed by atoms with Crippen LogP contribution < -0.4 is 0 Å². The largest absolute Gasteiger partial charge is 0.332 e.